The lowest BCUT2D eigenvalue weighted by atomic mass is 10.2. The minimum atomic E-state index is -0.603. The fraction of sp³-hybridized carbons (Fsp3) is 0.444. The van der Waals surface area contributed by atoms with Gasteiger partial charge in [0.2, 0.25) is 0 Å². The topological polar surface area (TPSA) is 83.1 Å². The highest BCUT2D eigenvalue weighted by Crippen LogP contribution is 2.23. The van der Waals surface area contributed by atoms with Crippen molar-refractivity contribution >= 4 is 18.0 Å². The van der Waals surface area contributed by atoms with E-state index in [0.717, 1.165) is 25.0 Å². The zero-order valence-corrected chi connectivity index (χ0v) is 14.4. The van der Waals surface area contributed by atoms with Gasteiger partial charge in [0.05, 0.1) is 20.3 Å². The van der Waals surface area contributed by atoms with Crippen LogP contribution in [0.5, 0.6) is 11.5 Å². The van der Waals surface area contributed by atoms with E-state index in [1.807, 2.05) is 0 Å². The highest BCUT2D eigenvalue weighted by Gasteiger charge is 2.16. The molecule has 1 aliphatic heterocycles. The Kier molecular flexibility index (Phi) is 7.28. The molecule has 136 valence electrons. The van der Waals surface area contributed by atoms with Crippen LogP contribution in [-0.2, 0) is 19.1 Å². The first-order valence-electron chi connectivity index (χ1n) is 8.07. The third-order valence-corrected chi connectivity index (χ3v) is 3.68. The van der Waals surface area contributed by atoms with Crippen molar-refractivity contribution in [3.05, 3.63) is 29.8 Å². The van der Waals surface area contributed by atoms with Crippen LogP contribution in [0.1, 0.15) is 18.4 Å². The Balaban J connectivity index is 1.77. The normalized spacial score (nSPS) is 16.6. The lowest BCUT2D eigenvalue weighted by Gasteiger charge is -2.10. The molecule has 2 rings (SSSR count). The van der Waals surface area contributed by atoms with Crippen molar-refractivity contribution in [2.45, 2.75) is 18.9 Å². The Labute approximate surface area is 146 Å². The Morgan fingerprint density at radius 2 is 1.96 bits per heavy atom. The van der Waals surface area contributed by atoms with Gasteiger partial charge in [0.1, 0.15) is 11.5 Å². The van der Waals surface area contributed by atoms with E-state index in [9.17, 15) is 9.59 Å². The summed E-state index contributed by atoms with van der Waals surface area (Å²) in [4.78, 5) is 23.4. The van der Waals surface area contributed by atoms with Crippen molar-refractivity contribution in [3.8, 4) is 11.5 Å². The largest absolute Gasteiger partial charge is 0.497 e. The monoisotopic (exact) mass is 349 g/mol. The molecule has 1 N–H and O–H groups in total. The maximum Gasteiger partial charge on any atom is 0.331 e. The van der Waals surface area contributed by atoms with E-state index in [2.05, 4.69) is 5.32 Å². The number of nitrogens with one attached hydrogen (secondary N) is 1. The summed E-state index contributed by atoms with van der Waals surface area (Å²) in [7, 11) is 3.09. The summed E-state index contributed by atoms with van der Waals surface area (Å²) >= 11 is 0. The van der Waals surface area contributed by atoms with Crippen LogP contribution >= 0.6 is 0 Å². The van der Waals surface area contributed by atoms with Crippen LogP contribution in [0.2, 0.25) is 0 Å². The number of esters is 1. The highest BCUT2D eigenvalue weighted by atomic mass is 16.5. The summed E-state index contributed by atoms with van der Waals surface area (Å²) in [6.45, 7) is 0.850. The van der Waals surface area contributed by atoms with Gasteiger partial charge in [-0.15, -0.1) is 0 Å². The number of amides is 1. The van der Waals surface area contributed by atoms with Crippen LogP contribution in [0.4, 0.5) is 0 Å². The van der Waals surface area contributed by atoms with Crippen molar-refractivity contribution in [1.29, 1.82) is 0 Å². The summed E-state index contributed by atoms with van der Waals surface area (Å²) in [6.07, 6.45) is 4.82. The molecule has 25 heavy (non-hydrogen) atoms. The molecule has 1 aliphatic rings. The third-order valence-electron chi connectivity index (χ3n) is 3.68. The Morgan fingerprint density at radius 3 is 2.56 bits per heavy atom. The number of methoxy groups -OCH3 is 2. The van der Waals surface area contributed by atoms with Gasteiger partial charge in [-0.1, -0.05) is 0 Å². The molecule has 1 aromatic rings. The molecule has 1 aromatic carbocycles. The Bertz CT molecular complexity index is 600. The summed E-state index contributed by atoms with van der Waals surface area (Å²) in [5.74, 6) is 0.274. The van der Waals surface area contributed by atoms with Crippen LogP contribution in [0.3, 0.4) is 0 Å². The van der Waals surface area contributed by atoms with Crippen LogP contribution < -0.4 is 14.8 Å². The molecule has 1 atom stereocenters. The SMILES string of the molecule is COc1cc(/C=C/C(=O)OCC(=O)NC[C@@H]2CCCO2)cc(OC)c1. The van der Waals surface area contributed by atoms with E-state index >= 15 is 0 Å². The molecule has 0 aromatic heterocycles. The molecule has 7 nitrogen and oxygen atoms in total. The van der Waals surface area contributed by atoms with Gasteiger partial charge in [-0.25, -0.2) is 4.79 Å². The molecule has 1 fully saturated rings. The Hall–Kier alpha value is -2.54. The average Bonchev–Trinajstić information content (AvgIpc) is 3.16. The van der Waals surface area contributed by atoms with Crippen LogP contribution in [0.25, 0.3) is 6.08 Å². The van der Waals surface area contributed by atoms with Gasteiger partial charge in [-0.3, -0.25) is 4.79 Å². The van der Waals surface area contributed by atoms with Gasteiger partial charge in [-0.05, 0) is 36.6 Å². The number of carbonyl (C=O) groups excluding carboxylic acids is 2. The fourth-order valence-electron chi connectivity index (χ4n) is 2.36. The van der Waals surface area contributed by atoms with E-state index in [1.165, 1.54) is 6.08 Å². The molecule has 1 amide bonds. The first-order valence-corrected chi connectivity index (χ1v) is 8.07. The molecule has 0 saturated carbocycles. The van der Waals surface area contributed by atoms with Crippen LogP contribution in [-0.4, -0.2) is 52.0 Å². The lowest BCUT2D eigenvalue weighted by Crippen LogP contribution is -2.34. The molecular formula is C18H23NO6. The van der Waals surface area contributed by atoms with E-state index < -0.39 is 5.97 Å². The molecule has 0 aliphatic carbocycles. The van der Waals surface area contributed by atoms with Gasteiger partial charge in [0.15, 0.2) is 6.61 Å². The molecule has 0 unspecified atom stereocenters. The fourth-order valence-corrected chi connectivity index (χ4v) is 2.36. The summed E-state index contributed by atoms with van der Waals surface area (Å²) < 4.78 is 20.6. The number of ether oxygens (including phenoxy) is 4. The van der Waals surface area contributed by atoms with Gasteiger partial charge in [0, 0.05) is 25.3 Å². The number of carbonyl (C=O) groups is 2. The number of hydrogen-bond acceptors (Lipinski definition) is 6. The second-order valence-electron chi connectivity index (χ2n) is 5.53. The third kappa shape index (κ3) is 6.46. The molecule has 7 heteroatoms. The summed E-state index contributed by atoms with van der Waals surface area (Å²) in [6, 6.07) is 5.23. The maximum absolute atomic E-state index is 11.7. The minimum Gasteiger partial charge on any atom is -0.497 e. The van der Waals surface area contributed by atoms with E-state index in [0.29, 0.717) is 18.0 Å². The van der Waals surface area contributed by atoms with Gasteiger partial charge < -0.3 is 24.3 Å². The zero-order chi connectivity index (χ0) is 18.1. The second kappa shape index (κ2) is 9.68. The van der Waals surface area contributed by atoms with Crippen molar-refractivity contribution in [1.82, 2.24) is 5.32 Å². The predicted molar refractivity (Wildman–Crippen MR) is 91.5 cm³/mol. The number of hydrogen-bond donors (Lipinski definition) is 1. The maximum atomic E-state index is 11.7. The average molecular weight is 349 g/mol. The molecule has 0 spiro atoms. The van der Waals surface area contributed by atoms with Crippen LogP contribution in [0.15, 0.2) is 24.3 Å². The van der Waals surface area contributed by atoms with Crippen molar-refractivity contribution in [2.24, 2.45) is 0 Å². The summed E-state index contributed by atoms with van der Waals surface area (Å²) in [5, 5.41) is 2.69. The van der Waals surface area contributed by atoms with E-state index in [-0.39, 0.29) is 18.6 Å². The molecule has 0 bridgehead atoms. The van der Waals surface area contributed by atoms with E-state index in [1.54, 1.807) is 38.5 Å². The molecule has 0 radical (unpaired) electrons. The number of benzene rings is 1. The predicted octanol–water partition coefficient (Wildman–Crippen LogP) is 1.56. The number of rotatable bonds is 8. The standard InChI is InChI=1S/C18H23NO6/c1-22-15-8-13(9-16(10-15)23-2)5-6-18(21)25-12-17(20)19-11-14-4-3-7-24-14/h5-6,8-10,14H,3-4,7,11-12H2,1-2H3,(H,19,20)/b6-5+/t14-/m0/s1. The second-order valence-corrected chi connectivity index (χ2v) is 5.53. The van der Waals surface area contributed by atoms with Crippen molar-refractivity contribution in [2.75, 3.05) is 34.0 Å². The van der Waals surface area contributed by atoms with E-state index in [4.69, 9.17) is 18.9 Å². The van der Waals surface area contributed by atoms with Gasteiger partial charge >= 0.3 is 5.97 Å². The van der Waals surface area contributed by atoms with Gasteiger partial charge in [0.25, 0.3) is 5.91 Å². The zero-order valence-electron chi connectivity index (χ0n) is 14.4. The highest BCUT2D eigenvalue weighted by molar-refractivity contribution is 5.89. The first kappa shape index (κ1) is 18.8. The molecular weight excluding hydrogens is 326 g/mol. The van der Waals surface area contributed by atoms with Crippen LogP contribution in [0, 0.1) is 0 Å². The summed E-state index contributed by atoms with van der Waals surface area (Å²) in [5.41, 5.74) is 0.719. The van der Waals surface area contributed by atoms with Crippen molar-refractivity contribution in [3.63, 3.8) is 0 Å². The molecule has 1 saturated heterocycles. The molecule has 1 heterocycles. The lowest BCUT2D eigenvalue weighted by molar-refractivity contribution is -0.143. The smallest absolute Gasteiger partial charge is 0.331 e. The van der Waals surface area contributed by atoms with Crippen molar-refractivity contribution < 1.29 is 28.5 Å². The first-order chi connectivity index (χ1) is 12.1. The Morgan fingerprint density at radius 1 is 1.24 bits per heavy atom. The van der Waals surface area contributed by atoms with Gasteiger partial charge in [-0.2, -0.15) is 0 Å². The minimum absolute atomic E-state index is 0.0580. The quantitative estimate of drug-likeness (QED) is 0.566.